The van der Waals surface area contributed by atoms with Crippen LogP contribution in [0.25, 0.3) is 0 Å². The summed E-state index contributed by atoms with van der Waals surface area (Å²) in [5.41, 5.74) is 2.22. The van der Waals surface area contributed by atoms with Crippen LogP contribution in [-0.2, 0) is 37.0 Å². The number of benzene rings is 2. The van der Waals surface area contributed by atoms with Gasteiger partial charge in [0.1, 0.15) is 12.7 Å². The molecule has 2 aromatic rings. The summed E-state index contributed by atoms with van der Waals surface area (Å²) in [6, 6.07) is 19.9. The molecule has 5 heteroatoms. The Balaban J connectivity index is 1.75. The third kappa shape index (κ3) is 10.4. The molecule has 2 aromatic carbocycles. The molecule has 0 radical (unpaired) electrons. The molecular weight excluding hydrogens is 368 g/mol. The van der Waals surface area contributed by atoms with Crippen molar-refractivity contribution in [2.24, 2.45) is 0 Å². The molecule has 0 aliphatic carbocycles. The Labute approximate surface area is 172 Å². The molecule has 0 saturated heterocycles. The van der Waals surface area contributed by atoms with Gasteiger partial charge in [0, 0.05) is 7.11 Å². The number of methoxy groups -OCH3 is 1. The van der Waals surface area contributed by atoms with E-state index >= 15 is 0 Å². The van der Waals surface area contributed by atoms with Gasteiger partial charge < -0.3 is 18.9 Å². The van der Waals surface area contributed by atoms with E-state index in [1.807, 2.05) is 72.8 Å². The lowest BCUT2D eigenvalue weighted by molar-refractivity contribution is -0.149. The largest absolute Gasteiger partial charge is 0.452 e. The summed E-state index contributed by atoms with van der Waals surface area (Å²) < 4.78 is 21.4. The van der Waals surface area contributed by atoms with Gasteiger partial charge >= 0.3 is 5.97 Å². The Morgan fingerprint density at radius 3 is 1.76 bits per heavy atom. The highest BCUT2D eigenvalue weighted by atomic mass is 16.6. The summed E-state index contributed by atoms with van der Waals surface area (Å²) in [6.07, 6.45) is 6.74. The second-order valence-corrected chi connectivity index (χ2v) is 6.25. The number of ether oxygens (including phenoxy) is 4. The quantitative estimate of drug-likeness (QED) is 0.290. The first-order valence-electron chi connectivity index (χ1n) is 9.53. The Morgan fingerprint density at radius 2 is 1.31 bits per heavy atom. The molecule has 29 heavy (non-hydrogen) atoms. The van der Waals surface area contributed by atoms with Crippen LogP contribution in [0, 0.1) is 0 Å². The van der Waals surface area contributed by atoms with Crippen LogP contribution in [0.3, 0.4) is 0 Å². The van der Waals surface area contributed by atoms with Crippen molar-refractivity contribution in [3.8, 4) is 0 Å². The fourth-order valence-corrected chi connectivity index (χ4v) is 2.46. The summed E-state index contributed by atoms with van der Waals surface area (Å²) in [5, 5.41) is 0. The topological polar surface area (TPSA) is 54.0 Å². The highest BCUT2D eigenvalue weighted by molar-refractivity contribution is 5.71. The molecule has 0 heterocycles. The Kier molecular flexibility index (Phi) is 11.1. The maximum absolute atomic E-state index is 11.7. The molecule has 0 aliphatic rings. The molecule has 0 atom stereocenters. The molecule has 0 unspecified atom stereocenters. The van der Waals surface area contributed by atoms with Gasteiger partial charge in [0.05, 0.1) is 26.4 Å². The zero-order valence-electron chi connectivity index (χ0n) is 16.7. The van der Waals surface area contributed by atoms with E-state index in [0.717, 1.165) is 11.1 Å². The lowest BCUT2D eigenvalue weighted by Crippen LogP contribution is -2.18. The first-order chi connectivity index (χ1) is 14.3. The van der Waals surface area contributed by atoms with Crippen LogP contribution in [0.15, 0.2) is 85.0 Å². The van der Waals surface area contributed by atoms with Crippen molar-refractivity contribution in [3.05, 3.63) is 96.1 Å². The standard InChI is InChI=1S/C24H28O5/c1-26-20-24(25)29-23(14-8-16-27-18-21-10-4-2-5-11-21)15-9-17-28-19-22-12-6-3-7-13-22/h2-15,23H,16-20H2,1H3/b14-8+,15-9+. The van der Waals surface area contributed by atoms with Gasteiger partial charge in [0.2, 0.25) is 0 Å². The first-order valence-corrected chi connectivity index (χ1v) is 9.53. The second kappa shape index (κ2) is 14.3. The summed E-state index contributed by atoms with van der Waals surface area (Å²) in [4.78, 5) is 11.7. The summed E-state index contributed by atoms with van der Waals surface area (Å²) >= 11 is 0. The monoisotopic (exact) mass is 396 g/mol. The second-order valence-electron chi connectivity index (χ2n) is 6.25. The lowest BCUT2D eigenvalue weighted by Gasteiger charge is -2.10. The number of rotatable bonds is 13. The van der Waals surface area contributed by atoms with Crippen LogP contribution in [0.4, 0.5) is 0 Å². The van der Waals surface area contributed by atoms with E-state index in [1.54, 1.807) is 12.2 Å². The van der Waals surface area contributed by atoms with Crippen LogP contribution in [0.2, 0.25) is 0 Å². The van der Waals surface area contributed by atoms with E-state index in [2.05, 4.69) is 0 Å². The molecule has 0 saturated carbocycles. The third-order valence-corrected chi connectivity index (χ3v) is 3.83. The van der Waals surface area contributed by atoms with E-state index in [1.165, 1.54) is 7.11 Å². The molecule has 0 aromatic heterocycles. The minimum absolute atomic E-state index is 0.0901. The molecule has 0 N–H and O–H groups in total. The van der Waals surface area contributed by atoms with Crippen molar-refractivity contribution in [3.63, 3.8) is 0 Å². The van der Waals surface area contributed by atoms with Gasteiger partial charge in [-0.25, -0.2) is 4.79 Å². The smallest absolute Gasteiger partial charge is 0.332 e. The van der Waals surface area contributed by atoms with Crippen molar-refractivity contribution in [1.29, 1.82) is 0 Å². The van der Waals surface area contributed by atoms with E-state index < -0.39 is 12.1 Å². The molecule has 5 nitrogen and oxygen atoms in total. The molecular formula is C24H28O5. The molecule has 0 spiro atoms. The number of esters is 1. The van der Waals surface area contributed by atoms with Crippen molar-refractivity contribution in [1.82, 2.24) is 0 Å². The summed E-state index contributed by atoms with van der Waals surface area (Å²) in [7, 11) is 1.46. The molecule has 2 rings (SSSR count). The number of hydrogen-bond donors (Lipinski definition) is 0. The van der Waals surface area contributed by atoms with Crippen molar-refractivity contribution in [2.75, 3.05) is 26.9 Å². The summed E-state index contributed by atoms with van der Waals surface area (Å²) in [6.45, 7) is 1.81. The Bertz CT molecular complexity index is 685. The predicted octanol–water partition coefficient (Wildman–Crippen LogP) is 4.09. The number of hydrogen-bond acceptors (Lipinski definition) is 5. The van der Waals surface area contributed by atoms with Crippen LogP contribution in [0.1, 0.15) is 11.1 Å². The van der Waals surface area contributed by atoms with Crippen LogP contribution >= 0.6 is 0 Å². The lowest BCUT2D eigenvalue weighted by atomic mass is 10.2. The average molecular weight is 396 g/mol. The van der Waals surface area contributed by atoms with Crippen LogP contribution in [0.5, 0.6) is 0 Å². The highest BCUT2D eigenvalue weighted by Gasteiger charge is 2.08. The van der Waals surface area contributed by atoms with Gasteiger partial charge in [-0.3, -0.25) is 0 Å². The molecule has 0 aliphatic heterocycles. The van der Waals surface area contributed by atoms with E-state index in [-0.39, 0.29) is 6.61 Å². The van der Waals surface area contributed by atoms with Crippen LogP contribution in [-0.4, -0.2) is 39.0 Å². The fourth-order valence-electron chi connectivity index (χ4n) is 2.46. The maximum atomic E-state index is 11.7. The normalized spacial score (nSPS) is 11.5. The minimum atomic E-state index is -0.502. The van der Waals surface area contributed by atoms with Gasteiger partial charge in [-0.15, -0.1) is 0 Å². The van der Waals surface area contributed by atoms with Crippen molar-refractivity contribution >= 4 is 5.97 Å². The van der Waals surface area contributed by atoms with E-state index in [9.17, 15) is 4.79 Å². The molecule has 0 amide bonds. The molecule has 0 bridgehead atoms. The molecule has 154 valence electrons. The third-order valence-electron chi connectivity index (χ3n) is 3.83. The number of carbonyl (C=O) groups excluding carboxylic acids is 1. The summed E-state index contributed by atoms with van der Waals surface area (Å²) in [5.74, 6) is -0.429. The van der Waals surface area contributed by atoms with Gasteiger partial charge in [-0.05, 0) is 23.3 Å². The zero-order valence-corrected chi connectivity index (χ0v) is 16.7. The maximum Gasteiger partial charge on any atom is 0.332 e. The predicted molar refractivity (Wildman–Crippen MR) is 112 cm³/mol. The van der Waals surface area contributed by atoms with E-state index in [4.69, 9.17) is 18.9 Å². The highest BCUT2D eigenvalue weighted by Crippen LogP contribution is 2.03. The van der Waals surface area contributed by atoms with Crippen LogP contribution < -0.4 is 0 Å². The van der Waals surface area contributed by atoms with E-state index in [0.29, 0.717) is 26.4 Å². The fraction of sp³-hybridized carbons (Fsp3) is 0.292. The number of carbonyl (C=O) groups is 1. The zero-order chi connectivity index (χ0) is 20.6. The van der Waals surface area contributed by atoms with Crippen molar-refractivity contribution in [2.45, 2.75) is 19.3 Å². The Hall–Kier alpha value is -2.73. The SMILES string of the molecule is COCC(=O)OC(/C=C/COCc1ccccc1)/C=C/COCc1ccccc1. The average Bonchev–Trinajstić information content (AvgIpc) is 2.74. The Morgan fingerprint density at radius 1 is 0.828 bits per heavy atom. The van der Waals surface area contributed by atoms with Gasteiger partial charge in [-0.1, -0.05) is 72.8 Å². The van der Waals surface area contributed by atoms with Gasteiger partial charge in [-0.2, -0.15) is 0 Å². The molecule has 0 fully saturated rings. The minimum Gasteiger partial charge on any atom is -0.452 e. The van der Waals surface area contributed by atoms with Gasteiger partial charge in [0.25, 0.3) is 0 Å². The van der Waals surface area contributed by atoms with Crippen molar-refractivity contribution < 1.29 is 23.7 Å². The van der Waals surface area contributed by atoms with Gasteiger partial charge in [0.15, 0.2) is 0 Å². The first kappa shape index (κ1) is 22.6.